The molecule has 0 unspecified atom stereocenters. The van der Waals surface area contributed by atoms with Crippen molar-refractivity contribution in [3.8, 4) is 0 Å². The van der Waals surface area contributed by atoms with Crippen molar-refractivity contribution in [2.75, 3.05) is 5.75 Å². The number of Topliss-reactive ketones (excluding diaryl/α,β-unsaturated/α-hetero) is 1. The number of hydrogen-bond donors (Lipinski definition) is 0. The van der Waals surface area contributed by atoms with Crippen LogP contribution in [0.5, 0.6) is 0 Å². The van der Waals surface area contributed by atoms with Gasteiger partial charge >= 0.3 is 0 Å². The van der Waals surface area contributed by atoms with E-state index in [4.69, 9.17) is 0 Å². The molecule has 1 aromatic carbocycles. The zero-order valence-corrected chi connectivity index (χ0v) is 17.0. The van der Waals surface area contributed by atoms with E-state index in [-0.39, 0.29) is 11.5 Å². The van der Waals surface area contributed by atoms with Gasteiger partial charge in [-0.1, -0.05) is 18.6 Å². The highest BCUT2D eigenvalue weighted by Gasteiger charge is 2.27. The van der Waals surface area contributed by atoms with E-state index in [9.17, 15) is 13.2 Å². The first-order valence-corrected chi connectivity index (χ1v) is 11.1. The fraction of sp³-hybridized carbons (Fsp3) is 0.667. The molecule has 0 heterocycles. The first-order valence-electron chi connectivity index (χ1n) is 9.46. The minimum Gasteiger partial charge on any atom is -0.299 e. The van der Waals surface area contributed by atoms with Crippen molar-refractivity contribution in [1.29, 1.82) is 0 Å². The number of unbranched alkanes of at least 4 members (excludes halogenated alkanes) is 2. The zero-order valence-electron chi connectivity index (χ0n) is 16.2. The normalized spacial score (nSPS) is 14.6. The molecule has 0 aromatic heterocycles. The first-order chi connectivity index (χ1) is 11.6. The standard InChI is InChI=1S/C21H32O3S/c1-16-18(13-12-17-9-8-11-20(16)17)15-19(22)10-6-5-7-14-25(23,24)21(2,3)4/h12-13H,5-11,14-15H2,1-4H3. The molecule has 2 rings (SSSR count). The van der Waals surface area contributed by atoms with E-state index in [1.54, 1.807) is 20.8 Å². The summed E-state index contributed by atoms with van der Waals surface area (Å²) in [7, 11) is -3.04. The topological polar surface area (TPSA) is 51.2 Å². The molecule has 0 fully saturated rings. The fourth-order valence-corrected chi connectivity index (χ4v) is 4.69. The van der Waals surface area contributed by atoms with Crippen LogP contribution in [0.4, 0.5) is 0 Å². The number of sulfone groups is 1. The number of aryl methyl sites for hydroxylation is 1. The Morgan fingerprint density at radius 3 is 2.48 bits per heavy atom. The van der Waals surface area contributed by atoms with Crippen LogP contribution in [-0.4, -0.2) is 24.7 Å². The molecule has 0 N–H and O–H groups in total. The predicted octanol–water partition coefficient (Wildman–Crippen LogP) is 4.37. The van der Waals surface area contributed by atoms with Gasteiger partial charge in [-0.15, -0.1) is 0 Å². The summed E-state index contributed by atoms with van der Waals surface area (Å²) in [5.41, 5.74) is 5.38. The summed E-state index contributed by atoms with van der Waals surface area (Å²) in [5.74, 6) is 0.481. The van der Waals surface area contributed by atoms with Crippen LogP contribution < -0.4 is 0 Å². The summed E-state index contributed by atoms with van der Waals surface area (Å²) in [5, 5.41) is 0. The molecule has 0 amide bonds. The second-order valence-electron chi connectivity index (χ2n) is 8.30. The van der Waals surface area contributed by atoms with E-state index in [2.05, 4.69) is 19.1 Å². The van der Waals surface area contributed by atoms with Crippen LogP contribution in [0.2, 0.25) is 0 Å². The van der Waals surface area contributed by atoms with E-state index < -0.39 is 14.6 Å². The molecule has 0 radical (unpaired) electrons. The maximum atomic E-state index is 12.3. The van der Waals surface area contributed by atoms with E-state index in [0.29, 0.717) is 19.3 Å². The Kier molecular flexibility index (Phi) is 6.47. The Labute approximate surface area is 153 Å². The van der Waals surface area contributed by atoms with Crippen LogP contribution in [0.1, 0.15) is 75.1 Å². The van der Waals surface area contributed by atoms with Gasteiger partial charge < -0.3 is 0 Å². The molecule has 1 aromatic rings. The van der Waals surface area contributed by atoms with Gasteiger partial charge in [0.25, 0.3) is 0 Å². The van der Waals surface area contributed by atoms with E-state index >= 15 is 0 Å². The highest BCUT2D eigenvalue weighted by Crippen LogP contribution is 2.27. The van der Waals surface area contributed by atoms with Crippen molar-refractivity contribution in [2.45, 2.75) is 83.8 Å². The monoisotopic (exact) mass is 364 g/mol. The smallest absolute Gasteiger partial charge is 0.155 e. The average molecular weight is 365 g/mol. The summed E-state index contributed by atoms with van der Waals surface area (Å²) >= 11 is 0. The number of carbonyl (C=O) groups is 1. The van der Waals surface area contributed by atoms with Crippen LogP contribution in [-0.2, 0) is 33.9 Å². The van der Waals surface area contributed by atoms with Crippen molar-refractivity contribution in [3.05, 3.63) is 34.4 Å². The highest BCUT2D eigenvalue weighted by atomic mass is 32.2. The summed E-state index contributed by atoms with van der Waals surface area (Å²) in [6, 6.07) is 4.31. The largest absolute Gasteiger partial charge is 0.299 e. The van der Waals surface area contributed by atoms with Crippen molar-refractivity contribution in [1.82, 2.24) is 0 Å². The van der Waals surface area contributed by atoms with Gasteiger partial charge in [0.1, 0.15) is 5.78 Å². The molecule has 0 bridgehead atoms. The van der Waals surface area contributed by atoms with Crippen molar-refractivity contribution in [3.63, 3.8) is 0 Å². The van der Waals surface area contributed by atoms with Crippen LogP contribution in [0.3, 0.4) is 0 Å². The molecule has 140 valence electrons. The molecule has 1 aliphatic carbocycles. The third-order valence-corrected chi connectivity index (χ3v) is 8.06. The SMILES string of the molecule is Cc1c(CC(=O)CCCCCS(=O)(=O)C(C)(C)C)ccc2c1CCC2. The molecule has 0 aliphatic heterocycles. The Hall–Kier alpha value is -1.16. The van der Waals surface area contributed by atoms with Crippen LogP contribution in [0, 0.1) is 6.92 Å². The molecule has 0 spiro atoms. The summed E-state index contributed by atoms with van der Waals surface area (Å²) in [6.45, 7) is 7.37. The summed E-state index contributed by atoms with van der Waals surface area (Å²) < 4.78 is 23.4. The zero-order chi connectivity index (χ0) is 18.7. The van der Waals surface area contributed by atoms with Gasteiger partial charge in [-0.05, 0) is 82.1 Å². The summed E-state index contributed by atoms with van der Waals surface area (Å²) in [6.07, 6.45) is 6.82. The number of hydrogen-bond acceptors (Lipinski definition) is 3. The van der Waals surface area contributed by atoms with Crippen molar-refractivity contribution >= 4 is 15.6 Å². The molecular formula is C21H32O3S. The van der Waals surface area contributed by atoms with Crippen LogP contribution in [0.25, 0.3) is 0 Å². The van der Waals surface area contributed by atoms with E-state index in [1.165, 1.54) is 35.1 Å². The molecule has 0 saturated carbocycles. The molecular weight excluding hydrogens is 332 g/mol. The predicted molar refractivity (Wildman–Crippen MR) is 104 cm³/mol. The maximum Gasteiger partial charge on any atom is 0.155 e. The number of carbonyl (C=O) groups excluding carboxylic acids is 1. The average Bonchev–Trinajstić information content (AvgIpc) is 2.98. The Morgan fingerprint density at radius 2 is 1.80 bits per heavy atom. The molecule has 0 atom stereocenters. The summed E-state index contributed by atoms with van der Waals surface area (Å²) in [4.78, 5) is 12.3. The number of fused-ring (bicyclic) bond motifs is 1. The van der Waals surface area contributed by atoms with Gasteiger partial charge in [0, 0.05) is 12.8 Å². The van der Waals surface area contributed by atoms with Gasteiger partial charge in [-0.2, -0.15) is 0 Å². The molecule has 25 heavy (non-hydrogen) atoms. The molecule has 0 saturated heterocycles. The van der Waals surface area contributed by atoms with Gasteiger partial charge in [0.2, 0.25) is 0 Å². The minimum absolute atomic E-state index is 0.217. The lowest BCUT2D eigenvalue weighted by molar-refractivity contribution is -0.118. The minimum atomic E-state index is -3.04. The Balaban J connectivity index is 1.75. The molecule has 4 heteroatoms. The quantitative estimate of drug-likeness (QED) is 0.644. The van der Waals surface area contributed by atoms with E-state index in [0.717, 1.165) is 19.3 Å². The van der Waals surface area contributed by atoms with Gasteiger partial charge in [-0.3, -0.25) is 4.79 Å². The number of benzene rings is 1. The van der Waals surface area contributed by atoms with Crippen molar-refractivity contribution < 1.29 is 13.2 Å². The second kappa shape index (κ2) is 8.03. The van der Waals surface area contributed by atoms with Gasteiger partial charge in [-0.25, -0.2) is 8.42 Å². The lowest BCUT2D eigenvalue weighted by Crippen LogP contribution is -2.30. The fourth-order valence-electron chi connectivity index (χ4n) is 3.49. The third-order valence-electron chi connectivity index (χ3n) is 5.37. The lowest BCUT2D eigenvalue weighted by atomic mass is 9.94. The molecule has 1 aliphatic rings. The van der Waals surface area contributed by atoms with Crippen LogP contribution >= 0.6 is 0 Å². The number of rotatable bonds is 8. The van der Waals surface area contributed by atoms with Gasteiger partial charge in [0.05, 0.1) is 10.5 Å². The van der Waals surface area contributed by atoms with E-state index in [1.807, 2.05) is 0 Å². The first kappa shape index (κ1) is 20.2. The maximum absolute atomic E-state index is 12.3. The van der Waals surface area contributed by atoms with Crippen molar-refractivity contribution in [2.24, 2.45) is 0 Å². The van der Waals surface area contributed by atoms with Crippen LogP contribution in [0.15, 0.2) is 12.1 Å². The van der Waals surface area contributed by atoms with Gasteiger partial charge in [0.15, 0.2) is 9.84 Å². The third kappa shape index (κ3) is 5.16. The lowest BCUT2D eigenvalue weighted by Gasteiger charge is -2.18. The second-order valence-corrected chi connectivity index (χ2v) is 11.2. The highest BCUT2D eigenvalue weighted by molar-refractivity contribution is 7.92. The Morgan fingerprint density at radius 1 is 1.08 bits per heavy atom. The number of ketones is 1. The molecule has 3 nitrogen and oxygen atoms in total. The Bertz CT molecular complexity index is 724.